The molecular formula is C21H28N2O3. The minimum atomic E-state index is -0.0577. The number of carbonyl (C=O) groups excluding carboxylic acids is 2. The average molecular weight is 356 g/mol. The summed E-state index contributed by atoms with van der Waals surface area (Å²) in [5, 5.41) is 0. The lowest BCUT2D eigenvalue weighted by Gasteiger charge is -2.29. The smallest absolute Gasteiger partial charge is 0.225 e. The molecule has 2 atom stereocenters. The lowest BCUT2D eigenvalue weighted by Crippen LogP contribution is -2.45. The van der Waals surface area contributed by atoms with Gasteiger partial charge < -0.3 is 14.5 Å². The lowest BCUT2D eigenvalue weighted by atomic mass is 10.0. The SMILES string of the molecule is O=C(CC1CCCC1)N1C[C@@H]2OCCC(=O)N(Cc3ccccc3)[C@H]2C1. The molecule has 0 N–H and O–H groups in total. The molecule has 1 saturated carbocycles. The zero-order valence-electron chi connectivity index (χ0n) is 15.3. The van der Waals surface area contributed by atoms with E-state index < -0.39 is 0 Å². The fourth-order valence-corrected chi connectivity index (χ4v) is 4.63. The first-order valence-electron chi connectivity index (χ1n) is 9.93. The second-order valence-electron chi connectivity index (χ2n) is 7.89. The van der Waals surface area contributed by atoms with E-state index in [1.54, 1.807) is 0 Å². The summed E-state index contributed by atoms with van der Waals surface area (Å²) < 4.78 is 5.96. The molecule has 2 aliphatic heterocycles. The number of ether oxygens (including phenoxy) is 1. The molecule has 1 aromatic carbocycles. The molecule has 3 fully saturated rings. The van der Waals surface area contributed by atoms with E-state index in [4.69, 9.17) is 4.74 Å². The van der Waals surface area contributed by atoms with E-state index in [9.17, 15) is 9.59 Å². The number of fused-ring (bicyclic) bond motifs is 1. The van der Waals surface area contributed by atoms with Crippen LogP contribution in [0.25, 0.3) is 0 Å². The Kier molecular flexibility index (Phi) is 5.25. The van der Waals surface area contributed by atoms with E-state index in [0.717, 1.165) is 5.56 Å². The summed E-state index contributed by atoms with van der Waals surface area (Å²) in [7, 11) is 0. The number of likely N-dealkylation sites (tertiary alicyclic amines) is 1. The van der Waals surface area contributed by atoms with Crippen molar-refractivity contribution in [2.45, 2.75) is 57.2 Å². The molecule has 1 aliphatic carbocycles. The topological polar surface area (TPSA) is 49.9 Å². The number of carbonyl (C=O) groups is 2. The minimum absolute atomic E-state index is 0.0299. The molecule has 3 aliphatic rings. The van der Waals surface area contributed by atoms with E-state index in [1.807, 2.05) is 40.1 Å². The second-order valence-corrected chi connectivity index (χ2v) is 7.89. The molecule has 0 unspecified atom stereocenters. The molecule has 0 aromatic heterocycles. The Morgan fingerprint density at radius 3 is 2.65 bits per heavy atom. The summed E-state index contributed by atoms with van der Waals surface area (Å²) in [5.74, 6) is 0.919. The Balaban J connectivity index is 1.45. The van der Waals surface area contributed by atoms with Gasteiger partial charge in [0.15, 0.2) is 0 Å². The van der Waals surface area contributed by atoms with Gasteiger partial charge in [0.05, 0.1) is 25.2 Å². The van der Waals surface area contributed by atoms with Gasteiger partial charge in [-0.05, 0) is 24.3 Å². The van der Waals surface area contributed by atoms with Crippen LogP contribution in [-0.4, -0.2) is 53.5 Å². The van der Waals surface area contributed by atoms with Crippen LogP contribution in [0.4, 0.5) is 0 Å². The van der Waals surface area contributed by atoms with E-state index >= 15 is 0 Å². The molecule has 2 saturated heterocycles. The quantitative estimate of drug-likeness (QED) is 0.833. The number of benzene rings is 1. The van der Waals surface area contributed by atoms with Crippen molar-refractivity contribution in [1.82, 2.24) is 9.80 Å². The van der Waals surface area contributed by atoms with Crippen LogP contribution in [0.1, 0.15) is 44.1 Å². The van der Waals surface area contributed by atoms with Gasteiger partial charge in [0.1, 0.15) is 0 Å². The van der Waals surface area contributed by atoms with Crippen molar-refractivity contribution in [1.29, 1.82) is 0 Å². The fraction of sp³-hybridized carbons (Fsp3) is 0.619. The van der Waals surface area contributed by atoms with Crippen LogP contribution in [0.5, 0.6) is 0 Å². The summed E-state index contributed by atoms with van der Waals surface area (Å²) in [6.45, 7) is 2.27. The molecule has 5 heteroatoms. The number of hydrogen-bond acceptors (Lipinski definition) is 3. The Hall–Kier alpha value is -1.88. The third-order valence-electron chi connectivity index (χ3n) is 6.09. The van der Waals surface area contributed by atoms with Crippen molar-refractivity contribution in [3.05, 3.63) is 35.9 Å². The zero-order chi connectivity index (χ0) is 17.9. The summed E-state index contributed by atoms with van der Waals surface area (Å²) >= 11 is 0. The normalized spacial score (nSPS) is 26.8. The van der Waals surface area contributed by atoms with Gasteiger partial charge in [-0.1, -0.05) is 43.2 Å². The minimum Gasteiger partial charge on any atom is -0.374 e. The second kappa shape index (κ2) is 7.78. The molecule has 4 rings (SSSR count). The Morgan fingerprint density at radius 2 is 1.88 bits per heavy atom. The van der Waals surface area contributed by atoms with Gasteiger partial charge in [-0.2, -0.15) is 0 Å². The number of nitrogens with zero attached hydrogens (tertiary/aromatic N) is 2. The first-order chi connectivity index (χ1) is 12.7. The maximum absolute atomic E-state index is 12.7. The van der Waals surface area contributed by atoms with Crippen molar-refractivity contribution in [2.24, 2.45) is 5.92 Å². The summed E-state index contributed by atoms with van der Waals surface area (Å²) in [6.07, 6.45) is 5.90. The van der Waals surface area contributed by atoms with Crippen LogP contribution in [-0.2, 0) is 20.9 Å². The van der Waals surface area contributed by atoms with E-state index in [0.29, 0.717) is 45.0 Å². The first kappa shape index (κ1) is 17.5. The number of rotatable bonds is 4. The molecule has 1 aromatic rings. The molecule has 140 valence electrons. The van der Waals surface area contributed by atoms with Crippen LogP contribution >= 0.6 is 0 Å². The van der Waals surface area contributed by atoms with Crippen LogP contribution in [0, 0.1) is 5.92 Å². The van der Waals surface area contributed by atoms with Crippen molar-refractivity contribution in [3.63, 3.8) is 0 Å². The monoisotopic (exact) mass is 356 g/mol. The third kappa shape index (κ3) is 3.78. The van der Waals surface area contributed by atoms with E-state index in [-0.39, 0.29) is 24.0 Å². The standard InChI is InChI=1S/C21H28N2O3/c24-20-10-11-26-19-15-22(21(25)12-16-6-4-5-7-16)14-18(19)23(20)13-17-8-2-1-3-9-17/h1-3,8-9,16,18-19H,4-7,10-15H2/t18-,19-/m0/s1. The molecule has 5 nitrogen and oxygen atoms in total. The maximum Gasteiger partial charge on any atom is 0.225 e. The average Bonchev–Trinajstić information content (AvgIpc) is 3.28. The van der Waals surface area contributed by atoms with Crippen LogP contribution in [0.15, 0.2) is 30.3 Å². The fourth-order valence-electron chi connectivity index (χ4n) is 4.63. The number of hydrogen-bond donors (Lipinski definition) is 0. The van der Waals surface area contributed by atoms with Crippen molar-refractivity contribution < 1.29 is 14.3 Å². The van der Waals surface area contributed by atoms with E-state index in [1.165, 1.54) is 25.7 Å². The summed E-state index contributed by atoms with van der Waals surface area (Å²) in [5.41, 5.74) is 1.12. The van der Waals surface area contributed by atoms with Gasteiger partial charge in [-0.25, -0.2) is 0 Å². The van der Waals surface area contributed by atoms with Crippen molar-refractivity contribution >= 4 is 11.8 Å². The van der Waals surface area contributed by atoms with Gasteiger partial charge in [-0.15, -0.1) is 0 Å². The van der Waals surface area contributed by atoms with Gasteiger partial charge in [0.25, 0.3) is 0 Å². The third-order valence-corrected chi connectivity index (χ3v) is 6.09. The van der Waals surface area contributed by atoms with Crippen molar-refractivity contribution in [3.8, 4) is 0 Å². The Morgan fingerprint density at radius 1 is 1.12 bits per heavy atom. The highest BCUT2D eigenvalue weighted by atomic mass is 16.5. The zero-order valence-corrected chi connectivity index (χ0v) is 15.3. The summed E-state index contributed by atoms with van der Waals surface area (Å²) in [4.78, 5) is 29.3. The molecule has 2 heterocycles. The first-order valence-corrected chi connectivity index (χ1v) is 9.93. The molecule has 0 spiro atoms. The molecular weight excluding hydrogens is 328 g/mol. The van der Waals surface area contributed by atoms with Crippen molar-refractivity contribution in [2.75, 3.05) is 19.7 Å². The highest BCUT2D eigenvalue weighted by Gasteiger charge is 2.43. The predicted octanol–water partition coefficient (Wildman–Crippen LogP) is 2.60. The largest absolute Gasteiger partial charge is 0.374 e. The lowest BCUT2D eigenvalue weighted by molar-refractivity contribution is -0.135. The van der Waals surface area contributed by atoms with Gasteiger partial charge >= 0.3 is 0 Å². The molecule has 26 heavy (non-hydrogen) atoms. The van der Waals surface area contributed by atoms with Crippen LogP contribution in [0.3, 0.4) is 0 Å². The van der Waals surface area contributed by atoms with Crippen LogP contribution in [0.2, 0.25) is 0 Å². The van der Waals surface area contributed by atoms with Crippen LogP contribution < -0.4 is 0 Å². The molecule has 0 radical (unpaired) electrons. The van der Waals surface area contributed by atoms with Gasteiger partial charge in [-0.3, -0.25) is 9.59 Å². The van der Waals surface area contributed by atoms with E-state index in [2.05, 4.69) is 0 Å². The highest BCUT2D eigenvalue weighted by molar-refractivity contribution is 5.79. The van der Waals surface area contributed by atoms with Gasteiger partial charge in [0.2, 0.25) is 11.8 Å². The Bertz CT molecular complexity index is 642. The maximum atomic E-state index is 12.7. The highest BCUT2D eigenvalue weighted by Crippen LogP contribution is 2.30. The van der Waals surface area contributed by atoms with Gasteiger partial charge in [0, 0.05) is 26.1 Å². The predicted molar refractivity (Wildman–Crippen MR) is 98.3 cm³/mol. The summed E-state index contributed by atoms with van der Waals surface area (Å²) in [6, 6.07) is 10.0. The number of amides is 2. The molecule has 2 amide bonds. The Labute approximate surface area is 155 Å². The molecule has 0 bridgehead atoms.